The average Bonchev–Trinajstić information content (AvgIpc) is 3.10. The molecule has 0 saturated heterocycles. The van der Waals surface area contributed by atoms with Gasteiger partial charge in [-0.2, -0.15) is 5.26 Å². The Bertz CT molecular complexity index is 1900. The van der Waals surface area contributed by atoms with Crippen LogP contribution in [0.3, 0.4) is 0 Å². The van der Waals surface area contributed by atoms with E-state index in [9.17, 15) is 29.1 Å². The molecule has 0 fully saturated rings. The number of nitrogens with one attached hydrogen (secondary N) is 2. The number of Topliss-reactive ketones (excluding diaryl/α,β-unsaturated/α-hetero) is 2. The number of aromatic hydroxyl groups is 1. The fraction of sp³-hybridized carbons (Fsp3) is 0.300. The number of ketones is 2. The van der Waals surface area contributed by atoms with Gasteiger partial charge in [0.25, 0.3) is 5.56 Å². The third kappa shape index (κ3) is 11.4. The summed E-state index contributed by atoms with van der Waals surface area (Å²) in [5.41, 5.74) is 3.14. The van der Waals surface area contributed by atoms with Crippen molar-refractivity contribution in [3.63, 3.8) is 0 Å². The maximum atomic E-state index is 12.3. The van der Waals surface area contributed by atoms with Gasteiger partial charge in [0.2, 0.25) is 17.7 Å². The molecule has 1 unspecified atom stereocenters. The van der Waals surface area contributed by atoms with Crippen LogP contribution in [0.4, 0.5) is 11.4 Å². The van der Waals surface area contributed by atoms with Gasteiger partial charge in [0.05, 0.1) is 12.8 Å². The number of rotatable bonds is 14. The highest BCUT2D eigenvalue weighted by Gasteiger charge is 2.17. The lowest BCUT2D eigenvalue weighted by Crippen LogP contribution is -2.24. The molecule has 1 atom stereocenters. The van der Waals surface area contributed by atoms with E-state index >= 15 is 0 Å². The zero-order valence-corrected chi connectivity index (χ0v) is 29.0. The third-order valence-electron chi connectivity index (χ3n) is 8.20. The van der Waals surface area contributed by atoms with Crippen molar-refractivity contribution in [2.45, 2.75) is 72.8 Å². The molecule has 3 N–H and O–H groups in total. The number of benzene rings is 3. The predicted octanol–water partition coefficient (Wildman–Crippen LogP) is 7.37. The van der Waals surface area contributed by atoms with Crippen molar-refractivity contribution in [3.05, 3.63) is 123 Å². The lowest BCUT2D eigenvalue weighted by molar-refractivity contribution is -0.116. The molecule has 4 rings (SSSR count). The average molecular weight is 677 g/mol. The molecule has 10 nitrogen and oxygen atoms in total. The minimum atomic E-state index is -0.450. The number of amides is 2. The normalized spacial score (nSPS) is 10.9. The van der Waals surface area contributed by atoms with Crippen molar-refractivity contribution in [1.82, 2.24) is 4.57 Å². The number of hydrogen-bond donors (Lipinski definition) is 3. The van der Waals surface area contributed by atoms with Crippen molar-refractivity contribution in [3.8, 4) is 11.9 Å². The Morgan fingerprint density at radius 2 is 1.36 bits per heavy atom. The molecule has 3 aromatic carbocycles. The van der Waals surface area contributed by atoms with Gasteiger partial charge in [0.1, 0.15) is 11.6 Å². The number of aromatic nitrogens is 1. The predicted molar refractivity (Wildman–Crippen MR) is 194 cm³/mol. The zero-order chi connectivity index (χ0) is 36.6. The van der Waals surface area contributed by atoms with Gasteiger partial charge in [0.15, 0.2) is 11.6 Å². The summed E-state index contributed by atoms with van der Waals surface area (Å²) in [6, 6.07) is 25.6. The van der Waals surface area contributed by atoms with Gasteiger partial charge in [-0.3, -0.25) is 28.5 Å². The van der Waals surface area contributed by atoms with Crippen LogP contribution in [-0.2, 0) is 16.1 Å². The van der Waals surface area contributed by atoms with Gasteiger partial charge >= 0.3 is 0 Å². The van der Waals surface area contributed by atoms with E-state index in [4.69, 9.17) is 5.26 Å². The first-order chi connectivity index (χ1) is 24.0. The topological polar surface area (TPSA) is 158 Å². The van der Waals surface area contributed by atoms with Crippen LogP contribution < -0.4 is 16.2 Å². The number of anilines is 2. The van der Waals surface area contributed by atoms with Crippen molar-refractivity contribution in [1.29, 1.82) is 5.26 Å². The molecular formula is C40H44N4O6. The quantitative estimate of drug-likeness (QED) is 0.0929. The minimum absolute atomic E-state index is 0.192. The summed E-state index contributed by atoms with van der Waals surface area (Å²) in [5.74, 6) is -1.29. The number of hydrogen-bond acceptors (Lipinski definition) is 7. The maximum absolute atomic E-state index is 12.3. The van der Waals surface area contributed by atoms with Gasteiger partial charge in [0, 0.05) is 35.1 Å². The number of aryl methyl sites for hydroxylation is 2. The molecular weight excluding hydrogens is 632 g/mol. The number of nitrogens with zero attached hydrogens (tertiary/aromatic N) is 2. The third-order valence-corrected chi connectivity index (χ3v) is 8.20. The van der Waals surface area contributed by atoms with Crippen molar-refractivity contribution in [2.75, 3.05) is 10.6 Å². The Morgan fingerprint density at radius 3 is 1.88 bits per heavy atom. The second-order valence-electron chi connectivity index (χ2n) is 12.1. The molecule has 0 radical (unpaired) electrons. The van der Waals surface area contributed by atoms with E-state index in [1.807, 2.05) is 6.07 Å². The van der Waals surface area contributed by atoms with Crippen LogP contribution in [0.15, 0.2) is 89.7 Å². The Morgan fingerprint density at radius 1 is 0.800 bits per heavy atom. The van der Waals surface area contributed by atoms with E-state index in [1.165, 1.54) is 10.6 Å². The van der Waals surface area contributed by atoms with Gasteiger partial charge in [-0.25, -0.2) is 0 Å². The summed E-state index contributed by atoms with van der Waals surface area (Å²) in [6.07, 6.45) is 3.66. The van der Waals surface area contributed by atoms with Crippen LogP contribution in [-0.4, -0.2) is 33.1 Å². The number of pyridine rings is 1. The van der Waals surface area contributed by atoms with Gasteiger partial charge < -0.3 is 15.7 Å². The standard InChI is InChI=1S/C25H22N2O4.C15H22N2O2/c1-17-12-13-20(26-24(30)15-22(28)18-8-4-2-5-9-18)14-21(17)27-25(31)16-23(29)19-10-6-3-7-11-19;1-4-6-7-12(5-2)10-17-14(18)8-11(3)13(9-16)15(17)19/h2-14H,15-16H2,1H3,(H,26,30)(H,27,31);8,12,19H,4-7,10H2,1-3H3. The molecule has 0 bridgehead atoms. The van der Waals surface area contributed by atoms with Crippen LogP contribution in [0.25, 0.3) is 0 Å². The summed E-state index contributed by atoms with van der Waals surface area (Å²) < 4.78 is 1.33. The summed E-state index contributed by atoms with van der Waals surface area (Å²) >= 11 is 0. The molecule has 0 spiro atoms. The molecule has 50 heavy (non-hydrogen) atoms. The van der Waals surface area contributed by atoms with E-state index in [0.29, 0.717) is 40.5 Å². The van der Waals surface area contributed by atoms with E-state index in [-0.39, 0.29) is 41.4 Å². The van der Waals surface area contributed by atoms with Crippen molar-refractivity contribution in [2.24, 2.45) is 5.92 Å². The molecule has 1 aromatic heterocycles. The largest absolute Gasteiger partial charge is 0.493 e. The SMILES string of the molecule is CCCCC(CC)Cn1c(O)c(C#N)c(C)cc1=O.Cc1ccc(NC(=O)CC(=O)c2ccccc2)cc1NC(=O)CC(=O)c1ccccc1. The number of nitriles is 1. The van der Waals surface area contributed by atoms with Crippen LogP contribution in [0.1, 0.15) is 89.8 Å². The summed E-state index contributed by atoms with van der Waals surface area (Å²) in [6.45, 7) is 8.17. The van der Waals surface area contributed by atoms with Gasteiger partial charge in [-0.1, -0.05) is 99.8 Å². The zero-order valence-electron chi connectivity index (χ0n) is 29.0. The highest BCUT2D eigenvalue weighted by atomic mass is 16.3. The molecule has 0 aliphatic heterocycles. The van der Waals surface area contributed by atoms with E-state index in [1.54, 1.807) is 92.7 Å². The van der Waals surface area contributed by atoms with Crippen molar-refractivity contribution >= 4 is 34.8 Å². The minimum Gasteiger partial charge on any atom is -0.493 e. The monoisotopic (exact) mass is 676 g/mol. The lowest BCUT2D eigenvalue weighted by atomic mass is 9.99. The Balaban J connectivity index is 0.000000305. The highest BCUT2D eigenvalue weighted by molar-refractivity contribution is 6.12. The molecule has 0 aliphatic carbocycles. The Labute approximate surface area is 292 Å². The molecule has 260 valence electrons. The molecule has 1 heterocycles. The van der Waals surface area contributed by atoms with Gasteiger partial charge in [-0.05, 0) is 49.4 Å². The lowest BCUT2D eigenvalue weighted by Gasteiger charge is -2.18. The molecule has 10 heteroatoms. The molecule has 4 aromatic rings. The highest BCUT2D eigenvalue weighted by Crippen LogP contribution is 2.23. The summed E-state index contributed by atoms with van der Waals surface area (Å²) in [5, 5.41) is 24.5. The fourth-order valence-electron chi connectivity index (χ4n) is 5.22. The Kier molecular flexibility index (Phi) is 14.9. The summed E-state index contributed by atoms with van der Waals surface area (Å²) in [7, 11) is 0. The van der Waals surface area contributed by atoms with Gasteiger partial charge in [-0.15, -0.1) is 0 Å². The number of carbonyl (C=O) groups is 4. The first-order valence-electron chi connectivity index (χ1n) is 16.7. The first kappa shape index (κ1) is 38.6. The van der Waals surface area contributed by atoms with Crippen LogP contribution >= 0.6 is 0 Å². The molecule has 0 saturated carbocycles. The fourth-order valence-corrected chi connectivity index (χ4v) is 5.22. The maximum Gasteiger partial charge on any atom is 0.253 e. The first-order valence-corrected chi connectivity index (χ1v) is 16.7. The van der Waals surface area contributed by atoms with E-state index < -0.39 is 11.8 Å². The van der Waals surface area contributed by atoms with E-state index in [2.05, 4.69) is 24.5 Å². The van der Waals surface area contributed by atoms with Crippen LogP contribution in [0.2, 0.25) is 0 Å². The summed E-state index contributed by atoms with van der Waals surface area (Å²) in [4.78, 5) is 60.9. The van der Waals surface area contributed by atoms with Crippen LogP contribution in [0, 0.1) is 31.1 Å². The molecule has 2 amide bonds. The number of unbranched alkanes of at least 4 members (excludes halogenated alkanes) is 1. The smallest absolute Gasteiger partial charge is 0.253 e. The van der Waals surface area contributed by atoms with Crippen molar-refractivity contribution < 1.29 is 24.3 Å². The second kappa shape index (κ2) is 19.2. The molecule has 0 aliphatic rings. The van der Waals surface area contributed by atoms with E-state index in [0.717, 1.165) is 31.2 Å². The second-order valence-corrected chi connectivity index (χ2v) is 12.1. The number of carbonyl (C=O) groups excluding carboxylic acids is 4. The Hall–Kier alpha value is -5.82. The van der Waals surface area contributed by atoms with Crippen LogP contribution in [0.5, 0.6) is 5.88 Å².